The van der Waals surface area contributed by atoms with Gasteiger partial charge in [0.2, 0.25) is 0 Å². The molecule has 20 heavy (non-hydrogen) atoms. The Kier molecular flexibility index (Phi) is 4.55. The van der Waals surface area contributed by atoms with Gasteiger partial charge in [-0.1, -0.05) is 34.1 Å². The highest BCUT2D eigenvalue weighted by Crippen LogP contribution is 2.46. The molecule has 2 rings (SSSR count). The average molecular weight is 337 g/mol. The van der Waals surface area contributed by atoms with E-state index in [1.807, 2.05) is 37.3 Å². The van der Waals surface area contributed by atoms with Gasteiger partial charge in [-0.2, -0.15) is 0 Å². The molecule has 2 aromatic carbocycles. The van der Waals surface area contributed by atoms with Gasteiger partial charge < -0.3 is 14.2 Å². The minimum Gasteiger partial charge on any atom is -0.496 e. The molecule has 0 saturated carbocycles. The second kappa shape index (κ2) is 6.18. The monoisotopic (exact) mass is 336 g/mol. The quantitative estimate of drug-likeness (QED) is 0.825. The van der Waals surface area contributed by atoms with Crippen molar-refractivity contribution in [2.45, 2.75) is 6.92 Å². The molecule has 2 aromatic rings. The molecule has 0 unspecified atom stereocenters. The molecule has 0 heterocycles. The zero-order valence-electron chi connectivity index (χ0n) is 12.0. The normalized spacial score (nSPS) is 10.2. The van der Waals surface area contributed by atoms with Crippen LogP contribution in [0, 0.1) is 6.92 Å². The van der Waals surface area contributed by atoms with Crippen LogP contribution in [0.1, 0.15) is 5.56 Å². The first-order valence-corrected chi connectivity index (χ1v) is 6.97. The average Bonchev–Trinajstić information content (AvgIpc) is 2.47. The lowest BCUT2D eigenvalue weighted by Crippen LogP contribution is -1.99. The van der Waals surface area contributed by atoms with E-state index in [1.165, 1.54) is 0 Å². The van der Waals surface area contributed by atoms with Crippen LogP contribution in [0.15, 0.2) is 34.8 Å². The predicted molar refractivity (Wildman–Crippen MR) is 84.0 cm³/mol. The molecule has 0 aliphatic rings. The van der Waals surface area contributed by atoms with Crippen molar-refractivity contribution in [1.29, 1.82) is 0 Å². The first kappa shape index (κ1) is 14.7. The van der Waals surface area contributed by atoms with E-state index in [9.17, 15) is 0 Å². The smallest absolute Gasteiger partial charge is 0.169 e. The van der Waals surface area contributed by atoms with Crippen LogP contribution in [0.5, 0.6) is 17.2 Å². The van der Waals surface area contributed by atoms with E-state index in [0.717, 1.165) is 26.9 Å². The van der Waals surface area contributed by atoms with Crippen molar-refractivity contribution in [3.8, 4) is 28.4 Å². The summed E-state index contributed by atoms with van der Waals surface area (Å²) in [7, 11) is 4.92. The van der Waals surface area contributed by atoms with Crippen LogP contribution < -0.4 is 14.2 Å². The van der Waals surface area contributed by atoms with E-state index in [0.29, 0.717) is 11.5 Å². The minimum absolute atomic E-state index is 0.653. The number of benzene rings is 2. The Bertz CT molecular complexity index is 623. The van der Waals surface area contributed by atoms with Crippen LogP contribution >= 0.6 is 15.9 Å². The second-order valence-electron chi connectivity index (χ2n) is 4.29. The zero-order chi connectivity index (χ0) is 14.7. The van der Waals surface area contributed by atoms with Crippen molar-refractivity contribution >= 4 is 15.9 Å². The molecule has 0 radical (unpaired) electrons. The van der Waals surface area contributed by atoms with Crippen LogP contribution in [0.25, 0.3) is 11.1 Å². The first-order chi connectivity index (χ1) is 9.63. The van der Waals surface area contributed by atoms with Crippen molar-refractivity contribution in [3.05, 3.63) is 40.4 Å². The summed E-state index contributed by atoms with van der Waals surface area (Å²) in [5.74, 6) is 2.13. The molecule has 0 aromatic heterocycles. The van der Waals surface area contributed by atoms with Gasteiger partial charge in [-0.05, 0) is 13.0 Å². The van der Waals surface area contributed by atoms with Gasteiger partial charge >= 0.3 is 0 Å². The van der Waals surface area contributed by atoms with Gasteiger partial charge in [0.25, 0.3) is 0 Å². The Morgan fingerprint density at radius 1 is 0.900 bits per heavy atom. The maximum atomic E-state index is 5.56. The van der Waals surface area contributed by atoms with Crippen LogP contribution in [-0.2, 0) is 0 Å². The third-order valence-electron chi connectivity index (χ3n) is 3.24. The lowest BCUT2D eigenvalue weighted by Gasteiger charge is -2.19. The summed E-state index contributed by atoms with van der Waals surface area (Å²) in [6, 6.07) is 9.85. The van der Waals surface area contributed by atoms with Gasteiger partial charge in [0.05, 0.1) is 21.3 Å². The van der Waals surface area contributed by atoms with Crippen LogP contribution in [0.4, 0.5) is 0 Å². The minimum atomic E-state index is 0.653. The summed E-state index contributed by atoms with van der Waals surface area (Å²) in [5.41, 5.74) is 3.02. The van der Waals surface area contributed by atoms with E-state index >= 15 is 0 Å². The van der Waals surface area contributed by atoms with E-state index in [4.69, 9.17) is 14.2 Å². The molecule has 3 nitrogen and oxygen atoms in total. The van der Waals surface area contributed by atoms with Crippen LogP contribution in [0.2, 0.25) is 0 Å². The second-order valence-corrected chi connectivity index (χ2v) is 5.15. The Morgan fingerprint density at radius 2 is 1.55 bits per heavy atom. The molecule has 0 N–H and O–H groups in total. The molecular weight excluding hydrogens is 320 g/mol. The van der Waals surface area contributed by atoms with E-state index in [-0.39, 0.29) is 0 Å². The largest absolute Gasteiger partial charge is 0.496 e. The summed E-state index contributed by atoms with van der Waals surface area (Å²) < 4.78 is 17.4. The van der Waals surface area contributed by atoms with Gasteiger partial charge in [0.1, 0.15) is 5.75 Å². The highest BCUT2D eigenvalue weighted by molar-refractivity contribution is 9.10. The summed E-state index contributed by atoms with van der Waals surface area (Å²) in [5, 5.41) is 0. The molecule has 0 spiro atoms. The molecule has 0 saturated heterocycles. The fourth-order valence-electron chi connectivity index (χ4n) is 2.26. The van der Waals surface area contributed by atoms with Crippen molar-refractivity contribution in [1.82, 2.24) is 0 Å². The molecule has 0 amide bonds. The Hall–Kier alpha value is -1.68. The third kappa shape index (κ3) is 2.48. The Morgan fingerprint density at radius 3 is 2.10 bits per heavy atom. The summed E-state index contributed by atoms with van der Waals surface area (Å²) in [4.78, 5) is 0. The molecular formula is C16H17BrO3. The van der Waals surface area contributed by atoms with Gasteiger partial charge in [-0.25, -0.2) is 0 Å². The third-order valence-corrected chi connectivity index (χ3v) is 3.94. The van der Waals surface area contributed by atoms with Crippen LogP contribution in [-0.4, -0.2) is 21.3 Å². The predicted octanol–water partition coefficient (Wildman–Crippen LogP) is 4.45. The maximum absolute atomic E-state index is 5.56. The number of hydrogen-bond acceptors (Lipinski definition) is 3. The molecule has 0 aliphatic heterocycles. The first-order valence-electron chi connectivity index (χ1n) is 6.18. The van der Waals surface area contributed by atoms with Crippen molar-refractivity contribution < 1.29 is 14.2 Å². The topological polar surface area (TPSA) is 27.7 Å². The van der Waals surface area contributed by atoms with Crippen LogP contribution in [0.3, 0.4) is 0 Å². The summed E-state index contributed by atoms with van der Waals surface area (Å²) >= 11 is 3.59. The highest BCUT2D eigenvalue weighted by Gasteiger charge is 2.20. The van der Waals surface area contributed by atoms with E-state index in [2.05, 4.69) is 15.9 Å². The molecule has 0 aliphatic carbocycles. The molecule has 0 fully saturated rings. The summed E-state index contributed by atoms with van der Waals surface area (Å²) in [6.45, 7) is 2.01. The van der Waals surface area contributed by atoms with Gasteiger partial charge in [-0.3, -0.25) is 0 Å². The standard InChI is InChI=1S/C16H17BrO3/c1-10-13(18-2)9-14(19-3)16(20-4)15(10)11-7-5-6-8-12(11)17/h5-9H,1-4H3. The number of halogens is 1. The number of ether oxygens (including phenoxy) is 3. The highest BCUT2D eigenvalue weighted by atomic mass is 79.9. The van der Waals surface area contributed by atoms with Crippen molar-refractivity contribution in [2.24, 2.45) is 0 Å². The van der Waals surface area contributed by atoms with E-state index in [1.54, 1.807) is 21.3 Å². The Labute approximate surface area is 127 Å². The SMILES string of the molecule is COc1cc(OC)c(OC)c(-c2ccccc2Br)c1C. The van der Waals surface area contributed by atoms with Crippen molar-refractivity contribution in [3.63, 3.8) is 0 Å². The number of methoxy groups -OCH3 is 3. The summed E-state index contributed by atoms with van der Waals surface area (Å²) in [6.07, 6.45) is 0. The van der Waals surface area contributed by atoms with Gasteiger partial charge in [0, 0.05) is 27.2 Å². The fourth-order valence-corrected chi connectivity index (χ4v) is 2.75. The van der Waals surface area contributed by atoms with Crippen molar-refractivity contribution in [2.75, 3.05) is 21.3 Å². The molecule has 4 heteroatoms. The zero-order valence-corrected chi connectivity index (χ0v) is 13.6. The van der Waals surface area contributed by atoms with Gasteiger partial charge in [-0.15, -0.1) is 0 Å². The lowest BCUT2D eigenvalue weighted by atomic mass is 9.98. The lowest BCUT2D eigenvalue weighted by molar-refractivity contribution is 0.349. The Balaban J connectivity index is 2.82. The fraction of sp³-hybridized carbons (Fsp3) is 0.250. The number of hydrogen-bond donors (Lipinski definition) is 0. The molecule has 106 valence electrons. The molecule has 0 bridgehead atoms. The van der Waals surface area contributed by atoms with E-state index < -0.39 is 0 Å². The van der Waals surface area contributed by atoms with Gasteiger partial charge in [0.15, 0.2) is 11.5 Å². The maximum Gasteiger partial charge on any atom is 0.169 e. The number of rotatable bonds is 4. The molecule has 0 atom stereocenters.